The topological polar surface area (TPSA) is 24.9 Å². The van der Waals surface area contributed by atoms with Crippen molar-refractivity contribution in [3.63, 3.8) is 0 Å². The summed E-state index contributed by atoms with van der Waals surface area (Å²) >= 11 is 7.78. The monoisotopic (exact) mass is 266 g/mol. The third kappa shape index (κ3) is 2.62. The van der Waals surface area contributed by atoms with Gasteiger partial charge >= 0.3 is 0 Å². The first-order chi connectivity index (χ1) is 8.31. The lowest BCUT2D eigenvalue weighted by molar-refractivity contribution is 0.376. The average Bonchev–Trinajstić information content (AvgIpc) is 2.71. The lowest BCUT2D eigenvalue weighted by Crippen LogP contribution is -2.30. The Hall–Kier alpha value is -0.640. The predicted octanol–water partition coefficient (Wildman–Crippen LogP) is 3.49. The van der Waals surface area contributed by atoms with Crippen LogP contribution in [0.1, 0.15) is 17.8 Å². The van der Waals surface area contributed by atoms with Gasteiger partial charge in [0.2, 0.25) is 0 Å². The molecule has 0 amide bonds. The fraction of sp³-hybridized carbons (Fsp3) is 0.462. The summed E-state index contributed by atoms with van der Waals surface area (Å²) in [5, 5.41) is 5.47. The van der Waals surface area contributed by atoms with Crippen molar-refractivity contribution in [3.05, 3.63) is 28.2 Å². The molecule has 1 aliphatic heterocycles. The number of fused-ring (bicyclic) bond motifs is 1. The molecule has 0 aliphatic carbocycles. The maximum atomic E-state index is 5.97. The van der Waals surface area contributed by atoms with E-state index in [0.717, 1.165) is 29.4 Å². The quantitative estimate of drug-likeness (QED) is 0.900. The third-order valence-corrected chi connectivity index (χ3v) is 4.55. The van der Waals surface area contributed by atoms with Crippen LogP contribution in [0.5, 0.6) is 0 Å². The molecule has 1 aromatic carbocycles. The van der Waals surface area contributed by atoms with Crippen molar-refractivity contribution in [1.82, 2.24) is 10.3 Å². The van der Waals surface area contributed by atoms with E-state index in [-0.39, 0.29) is 0 Å². The van der Waals surface area contributed by atoms with E-state index in [9.17, 15) is 0 Å². The largest absolute Gasteiger partial charge is 0.316 e. The molecule has 2 aromatic rings. The van der Waals surface area contributed by atoms with Crippen LogP contribution in [0.3, 0.4) is 0 Å². The van der Waals surface area contributed by atoms with E-state index < -0.39 is 0 Å². The highest BCUT2D eigenvalue weighted by Crippen LogP contribution is 2.27. The first-order valence-corrected chi connectivity index (χ1v) is 7.26. The maximum absolute atomic E-state index is 5.97. The van der Waals surface area contributed by atoms with Crippen LogP contribution in [0.25, 0.3) is 10.2 Å². The molecule has 1 aliphatic rings. The zero-order chi connectivity index (χ0) is 11.7. The van der Waals surface area contributed by atoms with Gasteiger partial charge in [-0.25, -0.2) is 4.98 Å². The maximum Gasteiger partial charge on any atom is 0.0941 e. The number of hydrogen-bond acceptors (Lipinski definition) is 3. The second-order valence-electron chi connectivity index (χ2n) is 4.64. The number of hydrogen-bond donors (Lipinski definition) is 1. The molecule has 2 heterocycles. The van der Waals surface area contributed by atoms with E-state index in [1.807, 2.05) is 12.1 Å². The molecule has 0 radical (unpaired) electrons. The number of halogens is 1. The van der Waals surface area contributed by atoms with Crippen LogP contribution in [0.2, 0.25) is 5.02 Å². The van der Waals surface area contributed by atoms with E-state index in [4.69, 9.17) is 11.6 Å². The van der Waals surface area contributed by atoms with Crippen LogP contribution in [0, 0.1) is 5.92 Å². The minimum Gasteiger partial charge on any atom is -0.316 e. The third-order valence-electron chi connectivity index (χ3n) is 3.26. The van der Waals surface area contributed by atoms with E-state index >= 15 is 0 Å². The van der Waals surface area contributed by atoms with Gasteiger partial charge in [0, 0.05) is 11.4 Å². The Balaban J connectivity index is 1.80. The first-order valence-electron chi connectivity index (χ1n) is 6.07. The molecule has 2 nitrogen and oxygen atoms in total. The molecule has 3 rings (SSSR count). The SMILES string of the molecule is Clc1ccc2sc(CC3CCCNC3)nc2c1. The molecule has 1 atom stereocenters. The van der Waals surface area contributed by atoms with Gasteiger partial charge in [0.05, 0.1) is 15.2 Å². The second-order valence-corrected chi connectivity index (χ2v) is 6.19. The van der Waals surface area contributed by atoms with Gasteiger partial charge in [-0.1, -0.05) is 11.6 Å². The van der Waals surface area contributed by atoms with Gasteiger partial charge in [0.15, 0.2) is 0 Å². The molecule has 1 fully saturated rings. The fourth-order valence-corrected chi connectivity index (χ4v) is 3.61. The van der Waals surface area contributed by atoms with Crippen molar-refractivity contribution in [1.29, 1.82) is 0 Å². The van der Waals surface area contributed by atoms with E-state index in [0.29, 0.717) is 0 Å². The van der Waals surface area contributed by atoms with Crippen LogP contribution >= 0.6 is 22.9 Å². The van der Waals surface area contributed by atoms with Crippen LogP contribution in [0.4, 0.5) is 0 Å². The number of nitrogens with zero attached hydrogens (tertiary/aromatic N) is 1. The Labute approximate surface area is 110 Å². The highest BCUT2D eigenvalue weighted by molar-refractivity contribution is 7.18. The fourth-order valence-electron chi connectivity index (χ4n) is 2.38. The summed E-state index contributed by atoms with van der Waals surface area (Å²) in [5.74, 6) is 0.750. The molecule has 1 unspecified atom stereocenters. The summed E-state index contributed by atoms with van der Waals surface area (Å²) < 4.78 is 1.24. The number of rotatable bonds is 2. The first kappa shape index (κ1) is 11.5. The van der Waals surface area contributed by atoms with Gasteiger partial charge in [-0.15, -0.1) is 11.3 Å². The summed E-state index contributed by atoms with van der Waals surface area (Å²) in [4.78, 5) is 4.67. The van der Waals surface area contributed by atoms with Gasteiger partial charge < -0.3 is 5.32 Å². The normalized spacial score (nSPS) is 20.9. The molecule has 0 bridgehead atoms. The Morgan fingerprint density at radius 3 is 3.24 bits per heavy atom. The van der Waals surface area contributed by atoms with Gasteiger partial charge in [0.25, 0.3) is 0 Å². The van der Waals surface area contributed by atoms with Crippen molar-refractivity contribution in [2.75, 3.05) is 13.1 Å². The molecule has 0 spiro atoms. The summed E-state index contributed by atoms with van der Waals surface area (Å²) in [6.45, 7) is 2.31. The van der Waals surface area contributed by atoms with E-state index in [1.54, 1.807) is 11.3 Å². The second kappa shape index (κ2) is 4.92. The molecule has 1 saturated heterocycles. The number of nitrogens with one attached hydrogen (secondary N) is 1. The smallest absolute Gasteiger partial charge is 0.0941 e. The number of benzene rings is 1. The lowest BCUT2D eigenvalue weighted by atomic mass is 9.97. The Morgan fingerprint density at radius 1 is 1.47 bits per heavy atom. The molecule has 4 heteroatoms. The van der Waals surface area contributed by atoms with Crippen LogP contribution in [-0.2, 0) is 6.42 Å². The van der Waals surface area contributed by atoms with Crippen LogP contribution in [0.15, 0.2) is 18.2 Å². The predicted molar refractivity (Wildman–Crippen MR) is 73.9 cm³/mol. The van der Waals surface area contributed by atoms with Crippen LogP contribution in [-0.4, -0.2) is 18.1 Å². The number of aromatic nitrogens is 1. The minimum absolute atomic E-state index is 0.750. The van der Waals surface area contributed by atoms with Gasteiger partial charge in [0.1, 0.15) is 0 Å². The van der Waals surface area contributed by atoms with Crippen LogP contribution < -0.4 is 5.32 Å². The molecule has 17 heavy (non-hydrogen) atoms. The Bertz CT molecular complexity index is 517. The lowest BCUT2D eigenvalue weighted by Gasteiger charge is -2.21. The van der Waals surface area contributed by atoms with Gasteiger partial charge in [-0.2, -0.15) is 0 Å². The zero-order valence-electron chi connectivity index (χ0n) is 9.58. The Kier molecular flexibility index (Phi) is 3.32. The summed E-state index contributed by atoms with van der Waals surface area (Å²) in [6.07, 6.45) is 3.72. The molecule has 1 aromatic heterocycles. The van der Waals surface area contributed by atoms with E-state index in [1.165, 1.54) is 29.1 Å². The highest BCUT2D eigenvalue weighted by atomic mass is 35.5. The molecule has 0 saturated carbocycles. The average molecular weight is 267 g/mol. The minimum atomic E-state index is 0.750. The van der Waals surface area contributed by atoms with Gasteiger partial charge in [-0.05, 0) is 50.0 Å². The molecular formula is C13H15ClN2S. The van der Waals surface area contributed by atoms with Crippen molar-refractivity contribution in [3.8, 4) is 0 Å². The van der Waals surface area contributed by atoms with Crippen molar-refractivity contribution in [2.45, 2.75) is 19.3 Å². The molecule has 90 valence electrons. The summed E-state index contributed by atoms with van der Waals surface area (Å²) in [6, 6.07) is 5.96. The van der Waals surface area contributed by atoms with E-state index in [2.05, 4.69) is 16.4 Å². The highest BCUT2D eigenvalue weighted by Gasteiger charge is 2.15. The standard InChI is InChI=1S/C13H15ClN2S/c14-10-3-4-12-11(7-10)16-13(17-12)6-9-2-1-5-15-8-9/h3-4,7,9,15H,1-2,5-6,8H2. The number of thiazole rings is 1. The molecule has 1 N–H and O–H groups in total. The Morgan fingerprint density at radius 2 is 2.41 bits per heavy atom. The summed E-state index contributed by atoms with van der Waals surface area (Å²) in [7, 11) is 0. The van der Waals surface area contributed by atoms with Crippen molar-refractivity contribution in [2.24, 2.45) is 5.92 Å². The summed E-state index contributed by atoms with van der Waals surface area (Å²) in [5.41, 5.74) is 1.04. The molecular weight excluding hydrogens is 252 g/mol. The number of piperidine rings is 1. The van der Waals surface area contributed by atoms with Gasteiger partial charge in [-0.3, -0.25) is 0 Å². The van der Waals surface area contributed by atoms with Crippen molar-refractivity contribution >= 4 is 33.2 Å². The van der Waals surface area contributed by atoms with Crippen molar-refractivity contribution < 1.29 is 0 Å². The zero-order valence-corrected chi connectivity index (χ0v) is 11.2.